The summed E-state index contributed by atoms with van der Waals surface area (Å²) in [5.41, 5.74) is 0.188. The van der Waals surface area contributed by atoms with E-state index in [-0.39, 0.29) is 5.56 Å². The van der Waals surface area contributed by atoms with Gasteiger partial charge in [0.05, 0.1) is 0 Å². The van der Waals surface area contributed by atoms with Gasteiger partial charge in [0.2, 0.25) is 10.1 Å². The van der Waals surface area contributed by atoms with Crippen LogP contribution in [0.4, 0.5) is 5.13 Å². The molecule has 0 unspecified atom stereocenters. The van der Waals surface area contributed by atoms with Crippen molar-refractivity contribution < 1.29 is 0 Å². The molecule has 0 saturated heterocycles. The molecule has 0 aliphatic heterocycles. The predicted molar refractivity (Wildman–Crippen MR) is 85.1 cm³/mol. The van der Waals surface area contributed by atoms with Crippen LogP contribution in [0.1, 0.15) is 25.7 Å². The maximum absolute atomic E-state index is 11.7. The highest BCUT2D eigenvalue weighted by atomic mass is 32.1. The van der Waals surface area contributed by atoms with Crippen LogP contribution < -0.4 is 10.9 Å². The maximum atomic E-state index is 11.7. The summed E-state index contributed by atoms with van der Waals surface area (Å²) in [5.74, 6) is 0. The first-order valence-corrected chi connectivity index (χ1v) is 8.13. The highest BCUT2D eigenvalue weighted by Crippen LogP contribution is 2.38. The zero-order valence-corrected chi connectivity index (χ0v) is 13.3. The van der Waals surface area contributed by atoms with Gasteiger partial charge in [-0.15, -0.1) is 5.10 Å². The minimum Gasteiger partial charge on any atom is -0.359 e. The Labute approximate surface area is 127 Å². The van der Waals surface area contributed by atoms with E-state index in [9.17, 15) is 4.79 Å². The Morgan fingerprint density at radius 1 is 1.43 bits per heavy atom. The summed E-state index contributed by atoms with van der Waals surface area (Å²) in [7, 11) is 4.25. The van der Waals surface area contributed by atoms with Crippen molar-refractivity contribution in [3.63, 3.8) is 0 Å². The van der Waals surface area contributed by atoms with E-state index in [1.807, 2.05) is 0 Å². The third-order valence-corrected chi connectivity index (χ3v) is 4.98. The normalized spacial score (nSPS) is 17.7. The first-order valence-electron chi connectivity index (χ1n) is 7.32. The molecule has 6 nitrogen and oxygen atoms in total. The van der Waals surface area contributed by atoms with E-state index in [1.165, 1.54) is 53.8 Å². The van der Waals surface area contributed by atoms with Gasteiger partial charge in [-0.25, -0.2) is 4.98 Å². The minimum absolute atomic E-state index is 0.131. The summed E-state index contributed by atoms with van der Waals surface area (Å²) < 4.78 is 1.36. The summed E-state index contributed by atoms with van der Waals surface area (Å²) in [6, 6.07) is 1.43. The summed E-state index contributed by atoms with van der Waals surface area (Å²) in [5, 5.41) is 8.52. The van der Waals surface area contributed by atoms with Crippen LogP contribution in [0.15, 0.2) is 17.1 Å². The Morgan fingerprint density at radius 2 is 2.19 bits per heavy atom. The molecule has 1 aliphatic rings. The molecule has 21 heavy (non-hydrogen) atoms. The highest BCUT2D eigenvalue weighted by molar-refractivity contribution is 7.20. The van der Waals surface area contributed by atoms with Crippen LogP contribution in [0.3, 0.4) is 0 Å². The summed E-state index contributed by atoms with van der Waals surface area (Å²) >= 11 is 1.43. The number of hydrogen-bond donors (Lipinski definition) is 1. The monoisotopic (exact) mass is 307 g/mol. The zero-order chi connectivity index (χ0) is 14.9. The second-order valence-electron chi connectivity index (χ2n) is 6.18. The van der Waals surface area contributed by atoms with Crippen LogP contribution in [-0.4, -0.2) is 46.7 Å². The lowest BCUT2D eigenvalue weighted by Gasteiger charge is -2.32. The summed E-state index contributed by atoms with van der Waals surface area (Å²) in [4.78, 5) is 18.8. The van der Waals surface area contributed by atoms with Gasteiger partial charge in [-0.1, -0.05) is 24.2 Å². The molecule has 1 saturated carbocycles. The molecule has 2 heterocycles. The highest BCUT2D eigenvalue weighted by Gasteiger charge is 2.34. The molecule has 2 aromatic heterocycles. The molecule has 0 amide bonds. The van der Waals surface area contributed by atoms with Gasteiger partial charge in [0.25, 0.3) is 5.56 Å². The molecule has 7 heteroatoms. The summed E-state index contributed by atoms with van der Waals surface area (Å²) in [6.07, 6.45) is 6.64. The number of nitrogens with zero attached hydrogens (tertiary/aromatic N) is 4. The Bertz CT molecular complexity index is 671. The van der Waals surface area contributed by atoms with E-state index in [2.05, 4.69) is 34.4 Å². The quantitative estimate of drug-likeness (QED) is 0.910. The number of hydrogen-bond acceptors (Lipinski definition) is 6. The number of anilines is 1. The van der Waals surface area contributed by atoms with Gasteiger partial charge in [0.15, 0.2) is 0 Å². The average molecular weight is 307 g/mol. The molecule has 3 rings (SSSR count). The van der Waals surface area contributed by atoms with Crippen molar-refractivity contribution in [2.45, 2.75) is 25.7 Å². The van der Waals surface area contributed by atoms with Crippen molar-refractivity contribution in [2.75, 3.05) is 32.5 Å². The van der Waals surface area contributed by atoms with Crippen LogP contribution in [0.25, 0.3) is 4.96 Å². The Balaban J connectivity index is 1.75. The number of nitrogens with one attached hydrogen (secondary N) is 1. The standard InChI is InChI=1S/C14H21N5OS/c1-18(2)10-14(6-3-4-7-14)9-16-12-17-19-11(20)5-8-15-13(19)21-12/h5,8H,3-4,6-7,9-10H2,1-2H3,(H,16,17). The van der Waals surface area contributed by atoms with E-state index in [0.29, 0.717) is 10.4 Å². The lowest BCUT2D eigenvalue weighted by atomic mass is 9.85. The second-order valence-corrected chi connectivity index (χ2v) is 7.14. The number of fused-ring (bicyclic) bond motifs is 1. The van der Waals surface area contributed by atoms with Crippen molar-refractivity contribution in [2.24, 2.45) is 5.41 Å². The van der Waals surface area contributed by atoms with Crippen molar-refractivity contribution >= 4 is 21.4 Å². The molecule has 1 fully saturated rings. The van der Waals surface area contributed by atoms with Crippen molar-refractivity contribution in [3.05, 3.63) is 22.6 Å². The smallest absolute Gasteiger partial charge is 0.275 e. The predicted octanol–water partition coefficient (Wildman–Crippen LogP) is 1.68. The molecule has 0 spiro atoms. The Kier molecular flexibility index (Phi) is 3.95. The van der Waals surface area contributed by atoms with Crippen LogP contribution in [0, 0.1) is 5.41 Å². The molecule has 0 radical (unpaired) electrons. The van der Waals surface area contributed by atoms with Gasteiger partial charge >= 0.3 is 0 Å². The van der Waals surface area contributed by atoms with Crippen molar-refractivity contribution in [1.82, 2.24) is 19.5 Å². The van der Waals surface area contributed by atoms with Gasteiger partial charge in [0.1, 0.15) is 0 Å². The van der Waals surface area contributed by atoms with Crippen LogP contribution in [0.5, 0.6) is 0 Å². The largest absolute Gasteiger partial charge is 0.359 e. The van der Waals surface area contributed by atoms with E-state index in [1.54, 1.807) is 0 Å². The fourth-order valence-electron chi connectivity index (χ4n) is 3.26. The second kappa shape index (κ2) is 5.73. The Hall–Kier alpha value is -1.47. The molecule has 0 bridgehead atoms. The molecule has 2 aromatic rings. The van der Waals surface area contributed by atoms with Gasteiger partial charge in [-0.2, -0.15) is 4.52 Å². The fourth-order valence-corrected chi connectivity index (χ4v) is 4.04. The lowest BCUT2D eigenvalue weighted by Crippen LogP contribution is -2.37. The third-order valence-electron chi connectivity index (χ3n) is 4.10. The topological polar surface area (TPSA) is 62.5 Å². The van der Waals surface area contributed by atoms with Gasteiger partial charge in [-0.3, -0.25) is 4.79 Å². The van der Waals surface area contributed by atoms with Crippen molar-refractivity contribution in [1.29, 1.82) is 0 Å². The van der Waals surface area contributed by atoms with Crippen LogP contribution >= 0.6 is 11.3 Å². The van der Waals surface area contributed by atoms with E-state index >= 15 is 0 Å². The van der Waals surface area contributed by atoms with Crippen LogP contribution in [0.2, 0.25) is 0 Å². The molecule has 1 aliphatic carbocycles. The van der Waals surface area contributed by atoms with Gasteiger partial charge in [-0.05, 0) is 26.9 Å². The van der Waals surface area contributed by atoms with Crippen LogP contribution in [-0.2, 0) is 0 Å². The molecular weight excluding hydrogens is 286 g/mol. The Morgan fingerprint density at radius 3 is 2.86 bits per heavy atom. The van der Waals surface area contributed by atoms with E-state index < -0.39 is 0 Å². The summed E-state index contributed by atoms with van der Waals surface area (Å²) in [6.45, 7) is 1.99. The van der Waals surface area contributed by atoms with Gasteiger partial charge < -0.3 is 10.2 Å². The first kappa shape index (κ1) is 14.5. The molecule has 0 aromatic carbocycles. The number of rotatable bonds is 5. The SMILES string of the molecule is CN(C)CC1(CNc2nn3c(=O)ccnc3s2)CCCC1. The van der Waals surface area contributed by atoms with Crippen molar-refractivity contribution in [3.8, 4) is 0 Å². The molecular formula is C14H21N5OS. The van der Waals surface area contributed by atoms with E-state index in [0.717, 1.165) is 18.2 Å². The maximum Gasteiger partial charge on any atom is 0.275 e. The fraction of sp³-hybridized carbons (Fsp3) is 0.643. The molecule has 114 valence electrons. The molecule has 0 atom stereocenters. The average Bonchev–Trinajstić information content (AvgIpc) is 3.03. The lowest BCUT2D eigenvalue weighted by molar-refractivity contribution is 0.215. The van der Waals surface area contributed by atoms with Gasteiger partial charge in [0, 0.05) is 30.8 Å². The minimum atomic E-state index is -0.131. The first-order chi connectivity index (χ1) is 10.1. The zero-order valence-electron chi connectivity index (χ0n) is 12.5. The van der Waals surface area contributed by atoms with E-state index in [4.69, 9.17) is 0 Å². The third kappa shape index (κ3) is 3.08. The molecule has 1 N–H and O–H groups in total. The number of aromatic nitrogens is 3.